The van der Waals surface area contributed by atoms with Crippen LogP contribution < -0.4 is 4.74 Å². The molecule has 0 radical (unpaired) electrons. The highest BCUT2D eigenvalue weighted by atomic mass is 19.1. The van der Waals surface area contributed by atoms with E-state index < -0.39 is 11.9 Å². The summed E-state index contributed by atoms with van der Waals surface area (Å²) in [5, 5.41) is 8.13. The first kappa shape index (κ1) is 20.4. The molecule has 0 spiro atoms. The molecule has 1 fully saturated rings. The number of amides is 1. The van der Waals surface area contributed by atoms with Crippen LogP contribution in [0.3, 0.4) is 0 Å². The van der Waals surface area contributed by atoms with Crippen molar-refractivity contribution in [2.24, 2.45) is 10.9 Å². The monoisotopic (exact) mass is 394 g/mol. The van der Waals surface area contributed by atoms with Crippen molar-refractivity contribution in [1.82, 2.24) is 9.88 Å². The fourth-order valence-corrected chi connectivity index (χ4v) is 3.17. The maximum absolute atomic E-state index is 13.4. The zero-order valence-electron chi connectivity index (χ0n) is 16.3. The third-order valence-corrected chi connectivity index (χ3v) is 4.81. The van der Waals surface area contributed by atoms with Crippen molar-refractivity contribution in [3.8, 4) is 5.75 Å². The fraction of sp³-hybridized carbons (Fsp3) is 0.273. The number of amidine groups is 1. The van der Waals surface area contributed by atoms with Crippen LogP contribution in [0.25, 0.3) is 0 Å². The van der Waals surface area contributed by atoms with E-state index in [1.54, 1.807) is 35.2 Å². The maximum Gasteiger partial charge on any atom is 0.415 e. The molecule has 0 atom stereocenters. The summed E-state index contributed by atoms with van der Waals surface area (Å²) in [4.78, 5) is 22.5. The first-order valence-electron chi connectivity index (χ1n) is 9.41. The number of pyridine rings is 1. The average Bonchev–Trinajstić information content (AvgIpc) is 2.73. The van der Waals surface area contributed by atoms with E-state index in [0.29, 0.717) is 43.0 Å². The molecular weight excluding hydrogens is 371 g/mol. The van der Waals surface area contributed by atoms with Crippen LogP contribution in [-0.2, 0) is 0 Å². The molecule has 150 valence electrons. The van der Waals surface area contributed by atoms with Gasteiger partial charge in [-0.1, -0.05) is 18.7 Å². The standard InChI is InChI=1S/C22H23FN4O2/c1-3-20(26-21(24)17-5-4-6-18(23)13-17)16-9-11-27(12-10-16)22(28)29-19-8-7-15(2)25-14-19/h3-8,13-14,16,24H,1,9-12H2,2H3. The largest absolute Gasteiger partial charge is 0.415 e. The van der Waals surface area contributed by atoms with Crippen molar-refractivity contribution in [3.05, 3.63) is 72.3 Å². The van der Waals surface area contributed by atoms with Crippen LogP contribution in [0.5, 0.6) is 5.75 Å². The third-order valence-electron chi connectivity index (χ3n) is 4.81. The lowest BCUT2D eigenvalue weighted by Gasteiger charge is -2.31. The molecule has 1 aliphatic heterocycles. The summed E-state index contributed by atoms with van der Waals surface area (Å²) in [5.74, 6) is 0.0809. The van der Waals surface area contributed by atoms with Crippen LogP contribution in [0.1, 0.15) is 24.1 Å². The zero-order valence-corrected chi connectivity index (χ0v) is 16.3. The fourth-order valence-electron chi connectivity index (χ4n) is 3.17. The van der Waals surface area contributed by atoms with Gasteiger partial charge in [0.05, 0.1) is 6.20 Å². The summed E-state index contributed by atoms with van der Waals surface area (Å²) in [5.41, 5.74) is 1.94. The van der Waals surface area contributed by atoms with E-state index in [1.165, 1.54) is 18.3 Å². The molecule has 29 heavy (non-hydrogen) atoms. The van der Waals surface area contributed by atoms with Gasteiger partial charge in [-0.3, -0.25) is 10.4 Å². The third kappa shape index (κ3) is 5.34. The molecule has 0 unspecified atom stereocenters. The number of carbonyl (C=O) groups is 1. The van der Waals surface area contributed by atoms with Crippen LogP contribution in [0.4, 0.5) is 9.18 Å². The summed E-state index contributed by atoms with van der Waals surface area (Å²) < 4.78 is 18.7. The van der Waals surface area contributed by atoms with E-state index >= 15 is 0 Å². The Morgan fingerprint density at radius 2 is 2.10 bits per heavy atom. The SMILES string of the molecule is C=CC(=NC(=N)c1cccc(F)c1)C1CCN(C(=O)Oc2ccc(C)nc2)CC1. The van der Waals surface area contributed by atoms with E-state index in [0.717, 1.165) is 5.69 Å². The Balaban J connectivity index is 1.59. The lowest BCUT2D eigenvalue weighted by Crippen LogP contribution is -2.41. The average molecular weight is 394 g/mol. The minimum atomic E-state index is -0.404. The van der Waals surface area contributed by atoms with Crippen molar-refractivity contribution in [2.45, 2.75) is 19.8 Å². The second kappa shape index (κ2) is 9.23. The van der Waals surface area contributed by atoms with Gasteiger partial charge in [0.1, 0.15) is 5.82 Å². The number of allylic oxidation sites excluding steroid dienone is 1. The highest BCUT2D eigenvalue weighted by Gasteiger charge is 2.26. The van der Waals surface area contributed by atoms with Gasteiger partial charge in [0, 0.05) is 36.0 Å². The van der Waals surface area contributed by atoms with Crippen molar-refractivity contribution in [1.29, 1.82) is 5.41 Å². The van der Waals surface area contributed by atoms with Gasteiger partial charge >= 0.3 is 6.09 Å². The van der Waals surface area contributed by atoms with Crippen LogP contribution in [0.2, 0.25) is 0 Å². The quantitative estimate of drug-likeness (QED) is 0.617. The summed E-state index contributed by atoms with van der Waals surface area (Å²) >= 11 is 0. The molecule has 0 aliphatic carbocycles. The Labute approximate surface area is 169 Å². The Kier molecular flexibility index (Phi) is 6.49. The number of likely N-dealkylation sites (tertiary alicyclic amines) is 1. The van der Waals surface area contributed by atoms with E-state index in [2.05, 4.69) is 16.6 Å². The highest BCUT2D eigenvalue weighted by molar-refractivity contribution is 6.09. The van der Waals surface area contributed by atoms with E-state index in [9.17, 15) is 9.18 Å². The molecule has 0 saturated carbocycles. The van der Waals surface area contributed by atoms with E-state index in [-0.39, 0.29) is 11.8 Å². The van der Waals surface area contributed by atoms with Gasteiger partial charge < -0.3 is 9.64 Å². The van der Waals surface area contributed by atoms with E-state index in [4.69, 9.17) is 10.1 Å². The lowest BCUT2D eigenvalue weighted by molar-refractivity contribution is 0.138. The summed E-state index contributed by atoms with van der Waals surface area (Å²) in [7, 11) is 0. The predicted octanol–water partition coefficient (Wildman–Crippen LogP) is 4.39. The molecule has 1 aliphatic rings. The number of aromatic nitrogens is 1. The Hall–Kier alpha value is -3.35. The molecule has 3 rings (SSSR count). The number of ether oxygens (including phenoxy) is 1. The number of rotatable bonds is 4. The summed E-state index contributed by atoms with van der Waals surface area (Å²) in [6.45, 7) is 6.70. The maximum atomic E-state index is 13.4. The van der Waals surface area contributed by atoms with Crippen molar-refractivity contribution in [2.75, 3.05) is 13.1 Å². The van der Waals surface area contributed by atoms with Crippen LogP contribution in [0, 0.1) is 24.1 Å². The number of hydrogen-bond acceptors (Lipinski definition) is 4. The van der Waals surface area contributed by atoms with Gasteiger partial charge in [0.25, 0.3) is 0 Å². The minimum absolute atomic E-state index is 0.00638. The number of halogens is 1. The molecule has 2 aromatic rings. The molecule has 1 N–H and O–H groups in total. The molecule has 1 aromatic carbocycles. The Morgan fingerprint density at radius 3 is 2.72 bits per heavy atom. The normalized spacial score (nSPS) is 15.1. The topological polar surface area (TPSA) is 78.6 Å². The van der Waals surface area contributed by atoms with Crippen molar-refractivity contribution >= 4 is 17.6 Å². The number of piperidine rings is 1. The number of aliphatic imine (C=N–C) groups is 1. The van der Waals surface area contributed by atoms with Gasteiger partial charge in [0.2, 0.25) is 0 Å². The van der Waals surface area contributed by atoms with Gasteiger partial charge in [-0.15, -0.1) is 0 Å². The van der Waals surface area contributed by atoms with Gasteiger partial charge in [-0.2, -0.15) is 0 Å². The molecule has 2 heterocycles. The molecule has 1 amide bonds. The summed E-state index contributed by atoms with van der Waals surface area (Å²) in [6, 6.07) is 9.31. The first-order valence-corrected chi connectivity index (χ1v) is 9.41. The van der Waals surface area contributed by atoms with Crippen molar-refractivity contribution < 1.29 is 13.9 Å². The lowest BCUT2D eigenvalue weighted by atomic mass is 9.92. The van der Waals surface area contributed by atoms with Gasteiger partial charge in [-0.05, 0) is 50.1 Å². The second-order valence-electron chi connectivity index (χ2n) is 6.86. The van der Waals surface area contributed by atoms with Gasteiger partial charge in [-0.25, -0.2) is 14.2 Å². The predicted molar refractivity (Wildman–Crippen MR) is 110 cm³/mol. The number of benzene rings is 1. The smallest absolute Gasteiger partial charge is 0.409 e. The minimum Gasteiger partial charge on any atom is -0.409 e. The number of carbonyl (C=O) groups excluding carboxylic acids is 1. The highest BCUT2D eigenvalue weighted by Crippen LogP contribution is 2.21. The number of nitrogens with zero attached hydrogens (tertiary/aromatic N) is 3. The van der Waals surface area contributed by atoms with Gasteiger partial charge in [0.15, 0.2) is 11.6 Å². The van der Waals surface area contributed by atoms with Crippen LogP contribution >= 0.6 is 0 Å². The number of hydrogen-bond donors (Lipinski definition) is 1. The molecule has 1 aromatic heterocycles. The van der Waals surface area contributed by atoms with Crippen LogP contribution in [0.15, 0.2) is 60.2 Å². The molecular formula is C22H23FN4O2. The number of aryl methyl sites for hydroxylation is 1. The molecule has 6 nitrogen and oxygen atoms in total. The first-order chi connectivity index (χ1) is 14.0. The molecule has 7 heteroatoms. The Bertz CT molecular complexity index is 932. The van der Waals surface area contributed by atoms with Crippen molar-refractivity contribution in [3.63, 3.8) is 0 Å². The Morgan fingerprint density at radius 1 is 1.34 bits per heavy atom. The summed E-state index contributed by atoms with van der Waals surface area (Å²) in [6.07, 6.45) is 4.12. The van der Waals surface area contributed by atoms with Crippen LogP contribution in [-0.4, -0.2) is 40.6 Å². The molecule has 0 bridgehead atoms. The number of nitrogens with one attached hydrogen (secondary N) is 1. The zero-order chi connectivity index (χ0) is 20.8. The second-order valence-corrected chi connectivity index (χ2v) is 6.86. The van der Waals surface area contributed by atoms with E-state index in [1.807, 2.05) is 6.92 Å². The molecule has 1 saturated heterocycles.